The molecule has 1 fully saturated rings. The minimum absolute atomic E-state index is 0.0470. The van der Waals surface area contributed by atoms with Gasteiger partial charge in [-0.05, 0) is 50.3 Å². The number of aromatic nitrogens is 2. The number of carbonyl (C=O) groups is 1. The summed E-state index contributed by atoms with van der Waals surface area (Å²) in [5, 5.41) is 8.97. The van der Waals surface area contributed by atoms with Crippen molar-refractivity contribution in [2.45, 2.75) is 51.6 Å². The van der Waals surface area contributed by atoms with E-state index in [4.69, 9.17) is 21.4 Å². The van der Waals surface area contributed by atoms with E-state index in [1.165, 1.54) is 12.1 Å². The number of carboxylic acids is 1. The van der Waals surface area contributed by atoms with E-state index in [9.17, 15) is 9.18 Å². The number of aryl methyl sites for hydroxylation is 1. The van der Waals surface area contributed by atoms with Crippen LogP contribution in [0.3, 0.4) is 0 Å². The summed E-state index contributed by atoms with van der Waals surface area (Å²) in [7, 11) is 0. The second-order valence-electron chi connectivity index (χ2n) is 7.47. The Labute approximate surface area is 181 Å². The Morgan fingerprint density at radius 3 is 2.73 bits per heavy atom. The van der Waals surface area contributed by atoms with Gasteiger partial charge in [-0.3, -0.25) is 4.79 Å². The van der Waals surface area contributed by atoms with Crippen molar-refractivity contribution < 1.29 is 19.0 Å². The minimum atomic E-state index is -0.835. The first-order valence-corrected chi connectivity index (χ1v) is 10.8. The van der Waals surface area contributed by atoms with E-state index in [0.29, 0.717) is 24.2 Å². The van der Waals surface area contributed by atoms with E-state index in [1.54, 1.807) is 6.07 Å². The van der Waals surface area contributed by atoms with Crippen molar-refractivity contribution in [3.63, 3.8) is 0 Å². The summed E-state index contributed by atoms with van der Waals surface area (Å²) in [4.78, 5) is 22.3. The van der Waals surface area contributed by atoms with Crippen LogP contribution in [0.4, 0.5) is 10.2 Å². The van der Waals surface area contributed by atoms with Crippen LogP contribution in [0.1, 0.15) is 44.7 Å². The molecule has 0 aliphatic carbocycles. The Bertz CT molecular complexity index is 873. The highest BCUT2D eigenvalue weighted by Gasteiger charge is 2.22. The van der Waals surface area contributed by atoms with Gasteiger partial charge in [-0.2, -0.15) is 0 Å². The summed E-state index contributed by atoms with van der Waals surface area (Å²) in [6, 6.07) is 6.41. The smallest absolute Gasteiger partial charge is 0.303 e. The van der Waals surface area contributed by atoms with Crippen molar-refractivity contribution in [1.29, 1.82) is 0 Å². The molecule has 1 saturated heterocycles. The molecule has 0 unspecified atom stereocenters. The summed E-state index contributed by atoms with van der Waals surface area (Å²) >= 11 is 5.81. The highest BCUT2D eigenvalue weighted by molar-refractivity contribution is 6.30. The molecule has 6 nitrogen and oxygen atoms in total. The molecular weight excluding hydrogens is 409 g/mol. The highest BCUT2D eigenvalue weighted by atomic mass is 35.5. The Hall–Kier alpha value is -2.25. The van der Waals surface area contributed by atoms with Crippen LogP contribution in [0.25, 0.3) is 11.4 Å². The van der Waals surface area contributed by atoms with Gasteiger partial charge >= 0.3 is 5.97 Å². The molecule has 2 aromatic rings. The number of anilines is 1. The molecule has 162 valence electrons. The summed E-state index contributed by atoms with van der Waals surface area (Å²) in [6.07, 6.45) is 4.18. The quantitative estimate of drug-likeness (QED) is 0.613. The van der Waals surface area contributed by atoms with E-state index in [0.717, 1.165) is 50.5 Å². The monoisotopic (exact) mass is 435 g/mol. The van der Waals surface area contributed by atoms with Gasteiger partial charge in [0.2, 0.25) is 0 Å². The fraction of sp³-hybridized carbons (Fsp3) is 0.500. The predicted octanol–water partition coefficient (Wildman–Crippen LogP) is 4.74. The van der Waals surface area contributed by atoms with Crippen LogP contribution < -0.4 is 4.90 Å². The molecule has 0 atom stereocenters. The molecule has 0 saturated carbocycles. The zero-order chi connectivity index (χ0) is 21.5. The van der Waals surface area contributed by atoms with Crippen molar-refractivity contribution in [2.75, 3.05) is 24.6 Å². The highest BCUT2D eigenvalue weighted by Crippen LogP contribution is 2.26. The molecule has 0 amide bonds. The van der Waals surface area contributed by atoms with Crippen LogP contribution in [-0.4, -0.2) is 46.8 Å². The lowest BCUT2D eigenvalue weighted by molar-refractivity contribution is -0.137. The lowest BCUT2D eigenvalue weighted by Crippen LogP contribution is -2.37. The average molecular weight is 436 g/mol. The third kappa shape index (κ3) is 6.12. The SMILES string of the molecule is CCCOC1CCN(c2cc(CCCC(=O)O)nc(-c3ccc(Cl)c(F)c3)n2)CC1. The Morgan fingerprint density at radius 2 is 2.07 bits per heavy atom. The molecule has 2 heterocycles. The number of benzene rings is 1. The van der Waals surface area contributed by atoms with Crippen molar-refractivity contribution in [2.24, 2.45) is 0 Å². The van der Waals surface area contributed by atoms with E-state index < -0.39 is 11.8 Å². The van der Waals surface area contributed by atoms with Gasteiger partial charge in [0.05, 0.1) is 11.1 Å². The number of piperidine rings is 1. The lowest BCUT2D eigenvalue weighted by Gasteiger charge is -2.33. The molecule has 0 radical (unpaired) electrons. The zero-order valence-electron chi connectivity index (χ0n) is 17.1. The van der Waals surface area contributed by atoms with Crippen LogP contribution >= 0.6 is 11.6 Å². The summed E-state index contributed by atoms with van der Waals surface area (Å²) in [5.41, 5.74) is 1.29. The molecule has 1 aliphatic rings. The Balaban J connectivity index is 1.82. The van der Waals surface area contributed by atoms with E-state index in [1.807, 2.05) is 6.07 Å². The zero-order valence-corrected chi connectivity index (χ0v) is 17.9. The van der Waals surface area contributed by atoms with Gasteiger partial charge in [0, 0.05) is 43.4 Å². The standard InChI is InChI=1S/C22H27ClFN3O3/c1-2-12-30-17-8-10-27(11-9-17)20-14-16(4-3-5-21(28)29)25-22(26-20)15-6-7-18(23)19(24)13-15/h6-7,13-14,17H,2-5,8-12H2,1H3,(H,28,29). The summed E-state index contributed by atoms with van der Waals surface area (Å²) in [5.74, 6) is -0.171. The first-order chi connectivity index (χ1) is 14.5. The van der Waals surface area contributed by atoms with Crippen molar-refractivity contribution in [3.05, 3.63) is 40.8 Å². The van der Waals surface area contributed by atoms with Gasteiger partial charge in [-0.15, -0.1) is 0 Å². The maximum atomic E-state index is 14.0. The van der Waals surface area contributed by atoms with Gasteiger partial charge in [-0.1, -0.05) is 18.5 Å². The number of hydrogen-bond acceptors (Lipinski definition) is 5. The fourth-order valence-corrected chi connectivity index (χ4v) is 3.61. The first kappa shape index (κ1) is 22.4. The summed E-state index contributed by atoms with van der Waals surface area (Å²) in [6.45, 7) is 4.50. The van der Waals surface area contributed by atoms with Gasteiger partial charge in [0.15, 0.2) is 5.82 Å². The van der Waals surface area contributed by atoms with Gasteiger partial charge < -0.3 is 14.7 Å². The van der Waals surface area contributed by atoms with Crippen LogP contribution in [-0.2, 0) is 16.0 Å². The lowest BCUT2D eigenvalue weighted by atomic mass is 10.1. The molecule has 1 N–H and O–H groups in total. The molecule has 8 heteroatoms. The molecular formula is C22H27ClFN3O3. The third-order valence-electron chi connectivity index (χ3n) is 5.09. The minimum Gasteiger partial charge on any atom is -0.481 e. The second-order valence-corrected chi connectivity index (χ2v) is 7.88. The maximum absolute atomic E-state index is 14.0. The van der Waals surface area contributed by atoms with Crippen LogP contribution in [0.15, 0.2) is 24.3 Å². The number of ether oxygens (including phenoxy) is 1. The molecule has 30 heavy (non-hydrogen) atoms. The number of aliphatic carboxylic acids is 1. The summed E-state index contributed by atoms with van der Waals surface area (Å²) < 4.78 is 19.8. The molecule has 1 aliphatic heterocycles. The second kappa shape index (κ2) is 10.7. The normalized spacial score (nSPS) is 14.8. The topological polar surface area (TPSA) is 75.5 Å². The van der Waals surface area contributed by atoms with Crippen molar-refractivity contribution in [3.8, 4) is 11.4 Å². The van der Waals surface area contributed by atoms with Gasteiger partial charge in [0.1, 0.15) is 11.6 Å². The van der Waals surface area contributed by atoms with E-state index in [-0.39, 0.29) is 17.5 Å². The van der Waals surface area contributed by atoms with Gasteiger partial charge in [-0.25, -0.2) is 14.4 Å². The van der Waals surface area contributed by atoms with Gasteiger partial charge in [0.25, 0.3) is 0 Å². The average Bonchev–Trinajstić information content (AvgIpc) is 2.74. The molecule has 0 spiro atoms. The number of nitrogens with zero attached hydrogens (tertiary/aromatic N) is 3. The predicted molar refractivity (Wildman–Crippen MR) is 114 cm³/mol. The molecule has 1 aromatic heterocycles. The third-order valence-corrected chi connectivity index (χ3v) is 5.40. The maximum Gasteiger partial charge on any atom is 0.303 e. The van der Waals surface area contributed by atoms with Crippen LogP contribution in [0.5, 0.6) is 0 Å². The fourth-order valence-electron chi connectivity index (χ4n) is 3.49. The number of hydrogen-bond donors (Lipinski definition) is 1. The molecule has 3 rings (SSSR count). The van der Waals surface area contributed by atoms with E-state index in [2.05, 4.69) is 21.8 Å². The van der Waals surface area contributed by atoms with Crippen LogP contribution in [0, 0.1) is 5.82 Å². The largest absolute Gasteiger partial charge is 0.481 e. The molecule has 0 bridgehead atoms. The Morgan fingerprint density at radius 1 is 1.30 bits per heavy atom. The number of halogens is 2. The molecule has 1 aromatic carbocycles. The van der Waals surface area contributed by atoms with Crippen LogP contribution in [0.2, 0.25) is 5.02 Å². The van der Waals surface area contributed by atoms with E-state index >= 15 is 0 Å². The Kier molecular flexibility index (Phi) is 7.99. The first-order valence-electron chi connectivity index (χ1n) is 10.4. The number of carboxylic acid groups (broad SMARTS) is 1. The van der Waals surface area contributed by atoms with Crippen molar-refractivity contribution >= 4 is 23.4 Å². The number of rotatable bonds is 9. The van der Waals surface area contributed by atoms with Crippen molar-refractivity contribution in [1.82, 2.24) is 9.97 Å².